The second-order valence-electron chi connectivity index (χ2n) is 3.80. The Balaban J connectivity index is 2.21. The molecule has 17 heavy (non-hydrogen) atoms. The smallest absolute Gasteiger partial charge is 0.158 e. The monoisotopic (exact) mass is 254 g/mol. The first-order chi connectivity index (χ1) is 8.20. The van der Waals surface area contributed by atoms with Gasteiger partial charge in [-0.2, -0.15) is 0 Å². The van der Waals surface area contributed by atoms with Gasteiger partial charge in [0.25, 0.3) is 0 Å². The molecule has 1 aromatic heterocycles. The Morgan fingerprint density at radius 3 is 2.82 bits per heavy atom. The lowest BCUT2D eigenvalue weighted by atomic mass is 10.2. The highest BCUT2D eigenvalue weighted by atomic mass is 35.5. The minimum atomic E-state index is -0.415. The van der Waals surface area contributed by atoms with Crippen LogP contribution in [0.2, 0.25) is 5.02 Å². The first-order valence-corrected chi connectivity index (χ1v) is 5.94. The van der Waals surface area contributed by atoms with E-state index in [0.717, 1.165) is 24.4 Å². The van der Waals surface area contributed by atoms with E-state index in [1.54, 1.807) is 12.1 Å². The topological polar surface area (TPSA) is 29.8 Å². The molecule has 0 saturated carbocycles. The summed E-state index contributed by atoms with van der Waals surface area (Å²) >= 11 is 5.73. The van der Waals surface area contributed by atoms with Gasteiger partial charge in [-0.15, -0.1) is 0 Å². The van der Waals surface area contributed by atoms with Gasteiger partial charge in [-0.05, 0) is 37.3 Å². The van der Waals surface area contributed by atoms with E-state index in [-0.39, 0.29) is 5.02 Å². The average Bonchev–Trinajstić information content (AvgIpc) is 2.79. The van der Waals surface area contributed by atoms with Gasteiger partial charge in [-0.1, -0.05) is 11.6 Å². The molecule has 0 amide bonds. The van der Waals surface area contributed by atoms with Crippen LogP contribution < -0.4 is 5.32 Å². The van der Waals surface area contributed by atoms with Gasteiger partial charge in [0.05, 0.1) is 11.6 Å². The predicted octanol–water partition coefficient (Wildman–Crippen LogP) is 2.82. The van der Waals surface area contributed by atoms with E-state index in [1.165, 1.54) is 6.07 Å². The normalized spacial score (nSPS) is 10.8. The Kier molecular flexibility index (Phi) is 3.82. The van der Waals surface area contributed by atoms with E-state index in [2.05, 4.69) is 12.2 Å². The molecule has 0 aliphatic rings. The van der Waals surface area contributed by atoms with Crippen molar-refractivity contribution in [2.24, 2.45) is 0 Å². The highest BCUT2D eigenvalue weighted by Gasteiger charge is 2.08. The zero-order chi connectivity index (χ0) is 12.3. The summed E-state index contributed by atoms with van der Waals surface area (Å²) in [5.74, 6) is 1.20. The third kappa shape index (κ3) is 2.87. The number of quaternary nitrogens is 1. The summed E-state index contributed by atoms with van der Waals surface area (Å²) in [4.78, 5) is 0. The van der Waals surface area contributed by atoms with Crippen molar-refractivity contribution in [3.05, 3.63) is 46.9 Å². The van der Waals surface area contributed by atoms with Crippen molar-refractivity contribution in [1.29, 1.82) is 0 Å². The van der Waals surface area contributed by atoms with Crippen LogP contribution in [0.5, 0.6) is 0 Å². The maximum Gasteiger partial charge on any atom is 0.158 e. The van der Waals surface area contributed by atoms with Crippen LogP contribution in [-0.4, -0.2) is 6.54 Å². The Hall–Kier alpha value is -1.32. The van der Waals surface area contributed by atoms with E-state index in [0.29, 0.717) is 5.76 Å². The Bertz CT molecular complexity index is 510. The van der Waals surface area contributed by atoms with E-state index in [1.807, 2.05) is 12.1 Å². The lowest BCUT2D eigenvalue weighted by Crippen LogP contribution is -2.81. The fourth-order valence-electron chi connectivity index (χ4n) is 1.58. The molecule has 2 nitrogen and oxygen atoms in total. The van der Waals surface area contributed by atoms with E-state index < -0.39 is 5.82 Å². The van der Waals surface area contributed by atoms with Gasteiger partial charge in [-0.25, -0.2) is 4.39 Å². The molecule has 0 fully saturated rings. The van der Waals surface area contributed by atoms with Crippen molar-refractivity contribution in [2.45, 2.75) is 13.5 Å². The van der Waals surface area contributed by atoms with Gasteiger partial charge >= 0.3 is 0 Å². The van der Waals surface area contributed by atoms with Crippen LogP contribution in [-0.2, 0) is 6.54 Å². The summed E-state index contributed by atoms with van der Waals surface area (Å²) in [6.45, 7) is 3.91. The summed E-state index contributed by atoms with van der Waals surface area (Å²) in [5.41, 5.74) is 0.791. The minimum Gasteiger partial charge on any atom is -0.455 e. The summed E-state index contributed by atoms with van der Waals surface area (Å²) in [7, 11) is 0. The van der Waals surface area contributed by atoms with Crippen molar-refractivity contribution >= 4 is 11.6 Å². The average molecular weight is 255 g/mol. The molecule has 2 aromatic rings. The Morgan fingerprint density at radius 2 is 2.12 bits per heavy atom. The van der Waals surface area contributed by atoms with Crippen LogP contribution in [0.15, 0.2) is 34.7 Å². The third-order valence-electron chi connectivity index (χ3n) is 2.50. The third-order valence-corrected chi connectivity index (χ3v) is 2.79. The SMILES string of the molecule is CC[NH2+]Cc1ccc(-c2ccc(F)c(Cl)c2)o1. The zero-order valence-electron chi connectivity index (χ0n) is 9.54. The molecule has 0 saturated heterocycles. The summed E-state index contributed by atoms with van der Waals surface area (Å²) in [6.07, 6.45) is 0. The maximum atomic E-state index is 13.0. The highest BCUT2D eigenvalue weighted by Crippen LogP contribution is 2.26. The van der Waals surface area contributed by atoms with E-state index in [9.17, 15) is 4.39 Å². The summed E-state index contributed by atoms with van der Waals surface area (Å²) in [6, 6.07) is 8.38. The molecule has 0 spiro atoms. The quantitative estimate of drug-likeness (QED) is 0.893. The Labute approximate surface area is 104 Å². The molecule has 1 aromatic carbocycles. The van der Waals surface area contributed by atoms with Crippen molar-refractivity contribution < 1.29 is 14.1 Å². The van der Waals surface area contributed by atoms with Crippen LogP contribution in [0.4, 0.5) is 4.39 Å². The van der Waals surface area contributed by atoms with Gasteiger partial charge < -0.3 is 9.73 Å². The number of furan rings is 1. The number of hydrogen-bond acceptors (Lipinski definition) is 1. The van der Waals surface area contributed by atoms with Gasteiger partial charge in [-0.3, -0.25) is 0 Å². The standard InChI is InChI=1S/C13H13ClFNO/c1-2-16-8-10-4-6-13(17-10)9-3-5-12(15)11(14)7-9/h3-7,16H,2,8H2,1H3/p+1. The van der Waals surface area contributed by atoms with Crippen molar-refractivity contribution in [3.63, 3.8) is 0 Å². The second-order valence-corrected chi connectivity index (χ2v) is 4.20. The largest absolute Gasteiger partial charge is 0.455 e. The van der Waals surface area contributed by atoms with Crippen LogP contribution in [0, 0.1) is 5.82 Å². The predicted molar refractivity (Wildman–Crippen MR) is 65.3 cm³/mol. The van der Waals surface area contributed by atoms with Crippen molar-refractivity contribution in [2.75, 3.05) is 6.54 Å². The van der Waals surface area contributed by atoms with Crippen LogP contribution in [0.1, 0.15) is 12.7 Å². The molecule has 0 aliphatic heterocycles. The van der Waals surface area contributed by atoms with Crippen LogP contribution in [0.25, 0.3) is 11.3 Å². The molecule has 0 radical (unpaired) electrons. The fraction of sp³-hybridized carbons (Fsp3) is 0.231. The molecule has 1 heterocycles. The zero-order valence-corrected chi connectivity index (χ0v) is 10.3. The second kappa shape index (κ2) is 5.34. The first-order valence-electron chi connectivity index (χ1n) is 5.56. The van der Waals surface area contributed by atoms with Crippen LogP contribution >= 0.6 is 11.6 Å². The summed E-state index contributed by atoms with van der Waals surface area (Å²) < 4.78 is 18.7. The number of rotatable bonds is 4. The maximum absolute atomic E-state index is 13.0. The highest BCUT2D eigenvalue weighted by molar-refractivity contribution is 6.31. The number of halogens is 2. The lowest BCUT2D eigenvalue weighted by molar-refractivity contribution is -0.669. The molecule has 90 valence electrons. The van der Waals surface area contributed by atoms with Crippen LogP contribution in [0.3, 0.4) is 0 Å². The van der Waals surface area contributed by atoms with E-state index >= 15 is 0 Å². The number of hydrogen-bond donors (Lipinski definition) is 1. The van der Waals surface area contributed by atoms with Gasteiger partial charge in [0.2, 0.25) is 0 Å². The Morgan fingerprint density at radius 1 is 1.29 bits per heavy atom. The fourth-order valence-corrected chi connectivity index (χ4v) is 1.76. The molecule has 0 atom stereocenters. The molecular formula is C13H14ClFNO+. The molecule has 0 unspecified atom stereocenters. The molecule has 0 bridgehead atoms. The van der Waals surface area contributed by atoms with E-state index in [4.69, 9.17) is 16.0 Å². The summed E-state index contributed by atoms with van der Waals surface area (Å²) in [5, 5.41) is 2.25. The van der Waals surface area contributed by atoms with Gasteiger partial charge in [0, 0.05) is 5.56 Å². The molecule has 2 rings (SSSR count). The van der Waals surface area contributed by atoms with Gasteiger partial charge in [0.1, 0.15) is 18.1 Å². The molecule has 4 heteroatoms. The lowest BCUT2D eigenvalue weighted by Gasteiger charge is -1.99. The molecule has 0 aliphatic carbocycles. The number of nitrogens with two attached hydrogens (primary N) is 1. The van der Waals surface area contributed by atoms with Crippen molar-refractivity contribution in [1.82, 2.24) is 0 Å². The van der Waals surface area contributed by atoms with Gasteiger partial charge in [0.15, 0.2) is 5.76 Å². The molecule has 2 N–H and O–H groups in total. The number of benzene rings is 1. The first kappa shape index (κ1) is 12.1. The van der Waals surface area contributed by atoms with Crippen molar-refractivity contribution in [3.8, 4) is 11.3 Å². The molecular weight excluding hydrogens is 241 g/mol. The minimum absolute atomic E-state index is 0.112.